The third-order valence-corrected chi connectivity index (χ3v) is 7.20. The molecule has 0 aliphatic carbocycles. The van der Waals surface area contributed by atoms with Gasteiger partial charge in [-0.1, -0.05) is 12.1 Å². The van der Waals surface area contributed by atoms with Crippen LogP contribution in [-0.2, 0) is 11.3 Å². The molecule has 2 aromatic rings. The summed E-state index contributed by atoms with van der Waals surface area (Å²) in [6.07, 6.45) is 0. The molecule has 2 N–H and O–H groups in total. The number of carbonyl (C=O) groups excluding carboxylic acids is 1. The summed E-state index contributed by atoms with van der Waals surface area (Å²) in [6.45, 7) is 3.82. The van der Waals surface area contributed by atoms with Crippen LogP contribution in [0.2, 0.25) is 0 Å². The van der Waals surface area contributed by atoms with Crippen molar-refractivity contribution >= 4 is 29.4 Å². The van der Waals surface area contributed by atoms with Crippen molar-refractivity contribution in [1.29, 1.82) is 0 Å². The highest BCUT2D eigenvalue weighted by atomic mass is 32.2. The minimum absolute atomic E-state index is 0.0743. The van der Waals surface area contributed by atoms with E-state index in [1.165, 1.54) is 17.1 Å². The Kier molecular flexibility index (Phi) is 6.32. The summed E-state index contributed by atoms with van der Waals surface area (Å²) in [5, 5.41) is 2.74. The van der Waals surface area contributed by atoms with Crippen molar-refractivity contribution in [1.82, 2.24) is 10.3 Å². The summed E-state index contributed by atoms with van der Waals surface area (Å²) in [6, 6.07) is 9.80. The highest BCUT2D eigenvalue weighted by Gasteiger charge is 2.18. The fourth-order valence-corrected chi connectivity index (χ4v) is 5.62. The summed E-state index contributed by atoms with van der Waals surface area (Å²) in [5.41, 5.74) is 3.36. The quantitative estimate of drug-likeness (QED) is 0.793. The number of nitrogens with one attached hydrogen (secondary N) is 2. The molecule has 1 aliphatic heterocycles. The van der Waals surface area contributed by atoms with Crippen LogP contribution in [-0.4, -0.2) is 29.0 Å². The molecule has 1 amide bonds. The maximum atomic E-state index is 12.0. The van der Waals surface area contributed by atoms with Crippen molar-refractivity contribution in [2.45, 2.75) is 25.0 Å². The van der Waals surface area contributed by atoms with Crippen LogP contribution in [0, 0.1) is 13.8 Å². The molecule has 26 heavy (non-hydrogen) atoms. The average molecular weight is 391 g/mol. The van der Waals surface area contributed by atoms with Crippen molar-refractivity contribution in [3.63, 3.8) is 0 Å². The standard InChI is InChI=1S/C19H22N2O3S2/c1-12-9-13(2)21-18(23)16(12)10-20-17(22)11-24-15-5-3-14(4-6-15)19-25-7-8-26-19/h3-6,9,19H,7-8,10-11H2,1-2H3,(H,20,22)(H,21,23). The average Bonchev–Trinajstić information content (AvgIpc) is 3.14. The topological polar surface area (TPSA) is 71.2 Å². The van der Waals surface area contributed by atoms with E-state index in [0.717, 1.165) is 11.3 Å². The molecule has 1 aromatic carbocycles. The number of pyridine rings is 1. The van der Waals surface area contributed by atoms with Crippen molar-refractivity contribution in [3.8, 4) is 5.75 Å². The number of carbonyl (C=O) groups is 1. The van der Waals surface area contributed by atoms with Crippen LogP contribution < -0.4 is 15.6 Å². The predicted octanol–water partition coefficient (Wildman–Crippen LogP) is 3.17. The molecule has 7 heteroatoms. The monoisotopic (exact) mass is 390 g/mol. The van der Waals surface area contributed by atoms with Gasteiger partial charge in [0.15, 0.2) is 6.61 Å². The van der Waals surface area contributed by atoms with Gasteiger partial charge in [0.25, 0.3) is 11.5 Å². The van der Waals surface area contributed by atoms with E-state index in [2.05, 4.69) is 22.4 Å². The number of hydrogen-bond acceptors (Lipinski definition) is 5. The van der Waals surface area contributed by atoms with Gasteiger partial charge in [-0.25, -0.2) is 0 Å². The van der Waals surface area contributed by atoms with Crippen molar-refractivity contribution in [2.75, 3.05) is 18.1 Å². The van der Waals surface area contributed by atoms with E-state index >= 15 is 0 Å². The van der Waals surface area contributed by atoms with Crippen LogP contribution in [0.5, 0.6) is 5.75 Å². The van der Waals surface area contributed by atoms with Crippen LogP contribution in [0.25, 0.3) is 0 Å². The number of aryl methyl sites for hydroxylation is 2. The number of benzene rings is 1. The Bertz CT molecular complexity index is 828. The summed E-state index contributed by atoms with van der Waals surface area (Å²) >= 11 is 3.91. The zero-order valence-corrected chi connectivity index (χ0v) is 16.5. The second-order valence-corrected chi connectivity index (χ2v) is 8.88. The molecule has 0 unspecified atom stereocenters. The molecule has 0 bridgehead atoms. The molecule has 1 aliphatic rings. The van der Waals surface area contributed by atoms with Gasteiger partial charge in [0.1, 0.15) is 5.75 Å². The first-order chi connectivity index (χ1) is 12.5. The third kappa shape index (κ3) is 4.86. The molecule has 5 nitrogen and oxygen atoms in total. The first-order valence-corrected chi connectivity index (χ1v) is 10.5. The summed E-state index contributed by atoms with van der Waals surface area (Å²) in [4.78, 5) is 26.7. The van der Waals surface area contributed by atoms with E-state index in [4.69, 9.17) is 4.74 Å². The Morgan fingerprint density at radius 2 is 1.92 bits per heavy atom. The number of amides is 1. The van der Waals surface area contributed by atoms with Gasteiger partial charge in [-0.15, -0.1) is 23.5 Å². The highest BCUT2D eigenvalue weighted by Crippen LogP contribution is 2.45. The summed E-state index contributed by atoms with van der Waals surface area (Å²) in [7, 11) is 0. The molecule has 138 valence electrons. The number of thioether (sulfide) groups is 2. The van der Waals surface area contributed by atoms with Gasteiger partial charge < -0.3 is 15.0 Å². The molecule has 1 fully saturated rings. The molecule has 1 saturated heterocycles. The van der Waals surface area contributed by atoms with E-state index < -0.39 is 0 Å². The van der Waals surface area contributed by atoms with E-state index in [1.807, 2.05) is 55.6 Å². The fourth-order valence-electron chi connectivity index (χ4n) is 2.76. The second-order valence-electron chi connectivity index (χ2n) is 6.15. The van der Waals surface area contributed by atoms with Crippen LogP contribution in [0.1, 0.15) is 27.0 Å². The molecule has 0 atom stereocenters. The SMILES string of the molecule is Cc1cc(C)c(CNC(=O)COc2ccc(C3SCCS3)cc2)c(=O)[nH]1. The molecule has 0 spiro atoms. The number of rotatable bonds is 6. The zero-order valence-electron chi connectivity index (χ0n) is 14.8. The Hall–Kier alpha value is -1.86. The predicted molar refractivity (Wildman–Crippen MR) is 108 cm³/mol. The zero-order chi connectivity index (χ0) is 18.5. The molecule has 3 rings (SSSR count). The number of aromatic nitrogens is 1. The van der Waals surface area contributed by atoms with Crippen molar-refractivity contribution < 1.29 is 9.53 Å². The van der Waals surface area contributed by atoms with Crippen LogP contribution in [0.4, 0.5) is 0 Å². The Balaban J connectivity index is 1.49. The lowest BCUT2D eigenvalue weighted by molar-refractivity contribution is -0.123. The molecule has 2 heterocycles. The van der Waals surface area contributed by atoms with Crippen LogP contribution in [0.3, 0.4) is 0 Å². The first kappa shape index (κ1) is 18.9. The van der Waals surface area contributed by atoms with Gasteiger partial charge in [-0.2, -0.15) is 0 Å². The molecular weight excluding hydrogens is 368 g/mol. The normalized spacial score (nSPS) is 14.4. The van der Waals surface area contributed by atoms with Gasteiger partial charge in [0.05, 0.1) is 4.58 Å². The maximum absolute atomic E-state index is 12.0. The van der Waals surface area contributed by atoms with Gasteiger partial charge in [-0.05, 0) is 43.2 Å². The van der Waals surface area contributed by atoms with E-state index in [1.54, 1.807) is 0 Å². The smallest absolute Gasteiger partial charge is 0.258 e. The Morgan fingerprint density at radius 1 is 1.23 bits per heavy atom. The Morgan fingerprint density at radius 3 is 2.58 bits per heavy atom. The number of hydrogen-bond donors (Lipinski definition) is 2. The van der Waals surface area contributed by atoms with Gasteiger partial charge in [-0.3, -0.25) is 9.59 Å². The number of ether oxygens (including phenoxy) is 1. The Labute approximate surface area is 161 Å². The molecule has 1 aromatic heterocycles. The molecule has 0 radical (unpaired) electrons. The van der Waals surface area contributed by atoms with Crippen LogP contribution in [0.15, 0.2) is 35.1 Å². The van der Waals surface area contributed by atoms with Gasteiger partial charge in [0, 0.05) is 29.3 Å². The van der Waals surface area contributed by atoms with Crippen LogP contribution >= 0.6 is 23.5 Å². The third-order valence-electron chi connectivity index (χ3n) is 4.10. The lowest BCUT2D eigenvalue weighted by Gasteiger charge is -2.11. The summed E-state index contributed by atoms with van der Waals surface area (Å²) in [5.74, 6) is 2.80. The molecule has 0 saturated carbocycles. The summed E-state index contributed by atoms with van der Waals surface area (Å²) < 4.78 is 6.04. The maximum Gasteiger partial charge on any atom is 0.258 e. The van der Waals surface area contributed by atoms with E-state index in [0.29, 0.717) is 15.9 Å². The number of H-pyrrole nitrogens is 1. The van der Waals surface area contributed by atoms with Crippen molar-refractivity contribution in [3.05, 3.63) is 63.1 Å². The van der Waals surface area contributed by atoms with E-state index in [9.17, 15) is 9.59 Å². The number of aromatic amines is 1. The lowest BCUT2D eigenvalue weighted by Crippen LogP contribution is -2.31. The fraction of sp³-hybridized carbons (Fsp3) is 0.368. The lowest BCUT2D eigenvalue weighted by atomic mass is 10.1. The van der Waals surface area contributed by atoms with Crippen molar-refractivity contribution in [2.24, 2.45) is 0 Å². The minimum Gasteiger partial charge on any atom is -0.484 e. The first-order valence-electron chi connectivity index (χ1n) is 8.45. The highest BCUT2D eigenvalue weighted by molar-refractivity contribution is 8.19. The second kappa shape index (κ2) is 8.68. The molecular formula is C19H22N2O3S2. The largest absolute Gasteiger partial charge is 0.484 e. The van der Waals surface area contributed by atoms with Gasteiger partial charge in [0.2, 0.25) is 0 Å². The van der Waals surface area contributed by atoms with E-state index in [-0.39, 0.29) is 24.6 Å². The van der Waals surface area contributed by atoms with Gasteiger partial charge >= 0.3 is 0 Å². The minimum atomic E-state index is -0.254.